The van der Waals surface area contributed by atoms with Crippen LogP contribution in [0.15, 0.2) is 24.3 Å². The highest BCUT2D eigenvalue weighted by atomic mass is 15.5. The van der Waals surface area contributed by atoms with E-state index in [9.17, 15) is 0 Å². The van der Waals surface area contributed by atoms with Gasteiger partial charge in [-0.15, -0.1) is 5.10 Å². The first kappa shape index (κ1) is 21.9. The van der Waals surface area contributed by atoms with Crippen molar-refractivity contribution in [3.8, 4) is 0 Å². The number of fused-ring (bicyclic) bond motifs is 1. The Morgan fingerprint density at radius 1 is 0.741 bits per heavy atom. The van der Waals surface area contributed by atoms with Gasteiger partial charge in [0.15, 0.2) is 0 Å². The smallest absolute Gasteiger partial charge is 0.113 e. The number of para-hydroxylation sites is 1. The number of unbranched alkanes of at least 4 members (excludes halogenated alkanes) is 10. The van der Waals surface area contributed by atoms with Gasteiger partial charge in [-0.2, -0.15) is 0 Å². The maximum atomic E-state index is 4.40. The van der Waals surface area contributed by atoms with Crippen molar-refractivity contribution >= 4 is 11.0 Å². The highest BCUT2D eigenvalue weighted by Crippen LogP contribution is 2.13. The molecular weight excluding hydrogens is 332 g/mol. The molecule has 0 fully saturated rings. The molecule has 1 aromatic heterocycles. The number of hydrogen-bond donors (Lipinski definition) is 0. The Morgan fingerprint density at radius 3 is 1.93 bits per heavy atom. The first-order valence-corrected chi connectivity index (χ1v) is 11.4. The van der Waals surface area contributed by atoms with Crippen molar-refractivity contribution in [1.29, 1.82) is 0 Å². The van der Waals surface area contributed by atoms with Crippen molar-refractivity contribution in [1.82, 2.24) is 19.9 Å². The van der Waals surface area contributed by atoms with E-state index in [2.05, 4.69) is 45.9 Å². The van der Waals surface area contributed by atoms with Crippen LogP contribution in [0.1, 0.15) is 90.9 Å². The third-order valence-corrected chi connectivity index (χ3v) is 5.41. The molecule has 4 nitrogen and oxygen atoms in total. The van der Waals surface area contributed by atoms with Crippen LogP contribution in [0.2, 0.25) is 0 Å². The van der Waals surface area contributed by atoms with Gasteiger partial charge < -0.3 is 0 Å². The molecule has 1 aromatic carbocycles. The van der Waals surface area contributed by atoms with E-state index in [-0.39, 0.29) is 0 Å². The molecule has 0 unspecified atom stereocenters. The molecule has 0 saturated heterocycles. The predicted octanol–water partition coefficient (Wildman–Crippen LogP) is 6.41. The molecule has 2 rings (SSSR count). The number of rotatable bonds is 16. The molecule has 0 radical (unpaired) electrons. The molecule has 0 aliphatic rings. The van der Waals surface area contributed by atoms with Crippen LogP contribution in [0.4, 0.5) is 0 Å². The molecule has 0 N–H and O–H groups in total. The van der Waals surface area contributed by atoms with Crippen LogP contribution < -0.4 is 0 Å². The Bertz CT molecular complexity index is 591. The van der Waals surface area contributed by atoms with Gasteiger partial charge in [0, 0.05) is 0 Å². The summed E-state index contributed by atoms with van der Waals surface area (Å²) in [6.07, 6.45) is 16.2. The van der Waals surface area contributed by atoms with Gasteiger partial charge >= 0.3 is 0 Å². The van der Waals surface area contributed by atoms with Crippen molar-refractivity contribution < 1.29 is 0 Å². The molecule has 0 amide bonds. The van der Waals surface area contributed by atoms with E-state index in [0.717, 1.165) is 17.7 Å². The van der Waals surface area contributed by atoms with E-state index < -0.39 is 0 Å². The fraction of sp³-hybridized carbons (Fsp3) is 0.739. The van der Waals surface area contributed by atoms with E-state index in [0.29, 0.717) is 0 Å². The maximum absolute atomic E-state index is 4.40. The minimum atomic E-state index is 0.866. The van der Waals surface area contributed by atoms with Crippen molar-refractivity contribution in [3.05, 3.63) is 24.3 Å². The second-order valence-electron chi connectivity index (χ2n) is 7.87. The molecule has 152 valence electrons. The number of benzene rings is 1. The van der Waals surface area contributed by atoms with Crippen molar-refractivity contribution in [2.24, 2.45) is 0 Å². The second kappa shape index (κ2) is 13.7. The molecule has 0 aliphatic carbocycles. The lowest BCUT2D eigenvalue weighted by molar-refractivity contribution is 0.199. The zero-order valence-electron chi connectivity index (χ0n) is 17.7. The summed E-state index contributed by atoms with van der Waals surface area (Å²) in [6.45, 7) is 7.78. The average molecular weight is 373 g/mol. The van der Waals surface area contributed by atoms with E-state index >= 15 is 0 Å². The third kappa shape index (κ3) is 8.42. The van der Waals surface area contributed by atoms with Gasteiger partial charge in [0.05, 0.1) is 12.2 Å². The molecule has 27 heavy (non-hydrogen) atoms. The standard InChI is InChI=1S/C23H40N4/c1-3-5-7-9-11-15-19-26(20-16-12-10-8-6-4-2)21-27-23-18-14-13-17-22(23)24-25-27/h13-14,17-18H,3-12,15-16,19-21H2,1-2H3. The molecular formula is C23H40N4. The lowest BCUT2D eigenvalue weighted by Gasteiger charge is -2.22. The van der Waals surface area contributed by atoms with E-state index in [1.54, 1.807) is 0 Å². The monoisotopic (exact) mass is 372 g/mol. The topological polar surface area (TPSA) is 34.0 Å². The van der Waals surface area contributed by atoms with Crippen LogP contribution in [0.5, 0.6) is 0 Å². The summed E-state index contributed by atoms with van der Waals surface area (Å²) in [7, 11) is 0. The molecule has 1 heterocycles. The molecule has 0 saturated carbocycles. The van der Waals surface area contributed by atoms with Crippen molar-refractivity contribution in [2.75, 3.05) is 13.1 Å². The molecule has 4 heteroatoms. The van der Waals surface area contributed by atoms with Gasteiger partial charge in [0.1, 0.15) is 5.52 Å². The lowest BCUT2D eigenvalue weighted by atomic mass is 10.1. The second-order valence-corrected chi connectivity index (χ2v) is 7.87. The fourth-order valence-electron chi connectivity index (χ4n) is 3.70. The Morgan fingerprint density at radius 2 is 1.30 bits per heavy atom. The zero-order valence-corrected chi connectivity index (χ0v) is 17.7. The highest BCUT2D eigenvalue weighted by Gasteiger charge is 2.09. The molecule has 0 aliphatic heterocycles. The molecule has 0 atom stereocenters. The quantitative estimate of drug-likeness (QED) is 0.319. The van der Waals surface area contributed by atoms with Crippen LogP contribution >= 0.6 is 0 Å². The van der Waals surface area contributed by atoms with Crippen LogP contribution in [0.25, 0.3) is 11.0 Å². The van der Waals surface area contributed by atoms with E-state index in [4.69, 9.17) is 0 Å². The zero-order chi connectivity index (χ0) is 19.2. The fourth-order valence-corrected chi connectivity index (χ4v) is 3.70. The summed E-state index contributed by atoms with van der Waals surface area (Å²) in [4.78, 5) is 2.58. The maximum Gasteiger partial charge on any atom is 0.113 e. The Hall–Kier alpha value is -1.42. The predicted molar refractivity (Wildman–Crippen MR) is 116 cm³/mol. The van der Waals surface area contributed by atoms with Crippen LogP contribution in [-0.4, -0.2) is 33.0 Å². The van der Waals surface area contributed by atoms with E-state index in [1.165, 1.54) is 90.1 Å². The van der Waals surface area contributed by atoms with Crippen molar-refractivity contribution in [2.45, 2.75) is 97.6 Å². The molecule has 0 bridgehead atoms. The molecule has 0 spiro atoms. The largest absolute Gasteiger partial charge is 0.284 e. The minimum Gasteiger partial charge on any atom is -0.284 e. The summed E-state index contributed by atoms with van der Waals surface area (Å²) in [6, 6.07) is 8.29. The van der Waals surface area contributed by atoms with Crippen LogP contribution in [0, 0.1) is 0 Å². The summed E-state index contributed by atoms with van der Waals surface area (Å²) in [5, 5.41) is 8.72. The number of nitrogens with zero attached hydrogens (tertiary/aromatic N) is 4. The van der Waals surface area contributed by atoms with Crippen LogP contribution in [-0.2, 0) is 6.67 Å². The summed E-state index contributed by atoms with van der Waals surface area (Å²) < 4.78 is 2.07. The number of aromatic nitrogens is 3. The van der Waals surface area contributed by atoms with E-state index in [1.807, 2.05) is 12.1 Å². The third-order valence-electron chi connectivity index (χ3n) is 5.41. The van der Waals surface area contributed by atoms with Gasteiger partial charge in [0.25, 0.3) is 0 Å². The lowest BCUT2D eigenvalue weighted by Crippen LogP contribution is -2.29. The Balaban J connectivity index is 1.80. The molecule has 2 aromatic rings. The number of hydrogen-bond acceptors (Lipinski definition) is 3. The van der Waals surface area contributed by atoms with Gasteiger partial charge in [-0.25, -0.2) is 4.68 Å². The Labute approximate surface area is 166 Å². The SMILES string of the molecule is CCCCCCCCN(CCCCCCCC)Cn1nnc2ccccc21. The van der Waals surface area contributed by atoms with Crippen LogP contribution in [0.3, 0.4) is 0 Å². The summed E-state index contributed by atoms with van der Waals surface area (Å²) in [5.74, 6) is 0. The minimum absolute atomic E-state index is 0.866. The van der Waals surface area contributed by atoms with Gasteiger partial charge in [-0.3, -0.25) is 4.90 Å². The Kier molecular flexibility index (Phi) is 11.1. The summed E-state index contributed by atoms with van der Waals surface area (Å²) >= 11 is 0. The van der Waals surface area contributed by atoms with Crippen molar-refractivity contribution in [3.63, 3.8) is 0 Å². The normalized spacial score (nSPS) is 11.7. The first-order chi connectivity index (χ1) is 13.3. The summed E-state index contributed by atoms with van der Waals surface area (Å²) in [5.41, 5.74) is 2.14. The highest BCUT2D eigenvalue weighted by molar-refractivity contribution is 5.73. The average Bonchev–Trinajstić information content (AvgIpc) is 3.10. The van der Waals surface area contributed by atoms with Gasteiger partial charge in [-0.1, -0.05) is 95.4 Å². The van der Waals surface area contributed by atoms with Gasteiger partial charge in [-0.05, 0) is 38.1 Å². The first-order valence-electron chi connectivity index (χ1n) is 11.4. The van der Waals surface area contributed by atoms with Gasteiger partial charge in [0.2, 0.25) is 0 Å².